The van der Waals surface area contributed by atoms with Crippen LogP contribution in [0.4, 0.5) is 4.39 Å². The Labute approximate surface area is 272 Å². The van der Waals surface area contributed by atoms with Crippen LogP contribution in [-0.4, -0.2) is 23.9 Å². The molecule has 0 saturated carbocycles. The van der Waals surface area contributed by atoms with E-state index >= 15 is 0 Å². The first kappa shape index (κ1) is 36.5. The molecule has 43 heavy (non-hydrogen) atoms. The fraction of sp³-hybridized carbons (Fsp3) is 0.405. The van der Waals surface area contributed by atoms with Crippen molar-refractivity contribution in [3.8, 4) is 11.3 Å². The number of aromatic nitrogens is 1. The van der Waals surface area contributed by atoms with Crippen molar-refractivity contribution in [2.45, 2.75) is 86.9 Å². The van der Waals surface area contributed by atoms with Crippen LogP contribution < -0.4 is 5.19 Å². The summed E-state index contributed by atoms with van der Waals surface area (Å²) >= 11 is 0. The monoisotopic (exact) mass is 777 g/mol. The number of aliphatic hydroxyl groups excluding tert-OH is 1. The van der Waals surface area contributed by atoms with Gasteiger partial charge in [-0.1, -0.05) is 79.4 Å². The van der Waals surface area contributed by atoms with Gasteiger partial charge >= 0.3 is 0 Å². The molecule has 0 spiro atoms. The fourth-order valence-electron chi connectivity index (χ4n) is 5.60. The molecule has 0 amide bonds. The first-order valence-electron chi connectivity index (χ1n) is 15.3. The maximum atomic E-state index is 14.9. The standard InChI is InChI=1S/C24H23FNSi.C13H24O2.Ir/c1-15-10-16(2)12-18(11-15)24-20-7-6-17-13-23(27(3,4)5)22(25)14-21(17)19(20)8-9-26-24;1-5-10(6-2)12(14)9-13(15)11(7-3)8-4;/h6-11,13-14H,1-5H3;9-11,14H,5-8H2,1-4H3;/q-1;;/b;12-9-;. The van der Waals surface area contributed by atoms with Gasteiger partial charge in [0.1, 0.15) is 5.82 Å². The largest absolute Gasteiger partial charge is 0.512 e. The normalized spacial score (nSPS) is 12.0. The quantitative estimate of drug-likeness (QED) is 0.0606. The maximum absolute atomic E-state index is 14.9. The predicted octanol–water partition coefficient (Wildman–Crippen LogP) is 10.0. The van der Waals surface area contributed by atoms with Crippen LogP contribution in [-0.2, 0) is 24.9 Å². The molecule has 1 heterocycles. The van der Waals surface area contributed by atoms with Crippen molar-refractivity contribution in [2.75, 3.05) is 0 Å². The minimum absolute atomic E-state index is 0. The summed E-state index contributed by atoms with van der Waals surface area (Å²) in [5.74, 6) is 0.455. The molecule has 1 aromatic heterocycles. The van der Waals surface area contributed by atoms with Crippen LogP contribution >= 0.6 is 0 Å². The molecule has 3 nitrogen and oxygen atoms in total. The predicted molar refractivity (Wildman–Crippen MR) is 180 cm³/mol. The van der Waals surface area contributed by atoms with Gasteiger partial charge in [0.2, 0.25) is 0 Å². The number of aryl methyl sites for hydroxylation is 2. The van der Waals surface area contributed by atoms with Crippen LogP contribution in [0.3, 0.4) is 0 Å². The molecule has 0 aliphatic heterocycles. The Kier molecular flexibility index (Phi) is 13.5. The Bertz CT molecular complexity index is 1560. The van der Waals surface area contributed by atoms with E-state index in [9.17, 15) is 14.3 Å². The van der Waals surface area contributed by atoms with E-state index in [2.05, 4.69) is 61.9 Å². The summed E-state index contributed by atoms with van der Waals surface area (Å²) in [4.78, 5) is 16.3. The molecule has 0 bridgehead atoms. The Morgan fingerprint density at radius 3 is 2.09 bits per heavy atom. The molecule has 0 aliphatic rings. The average molecular weight is 777 g/mol. The van der Waals surface area contributed by atoms with E-state index in [-0.39, 0.29) is 49.3 Å². The summed E-state index contributed by atoms with van der Waals surface area (Å²) < 4.78 is 14.9. The SMILES string of the molecule is CCC(CC)C(=O)/C=C(\O)C(CC)CC.Cc1[c-]c(-c2nccc3c2ccc2cc([Si](C)(C)C)c(F)cc23)cc(C)c1.[Ir]. The summed E-state index contributed by atoms with van der Waals surface area (Å²) in [5, 5.41) is 14.7. The fourth-order valence-corrected chi connectivity index (χ4v) is 6.98. The van der Waals surface area contributed by atoms with Crippen molar-refractivity contribution >= 4 is 40.6 Å². The molecular formula is C37H47FIrNO2Si-. The van der Waals surface area contributed by atoms with Gasteiger partial charge in [-0.2, -0.15) is 0 Å². The molecule has 0 atom stereocenters. The first-order valence-corrected chi connectivity index (χ1v) is 18.8. The number of carbonyl (C=O) groups is 1. The Morgan fingerprint density at radius 2 is 1.53 bits per heavy atom. The van der Waals surface area contributed by atoms with Crippen LogP contribution in [0, 0.1) is 37.6 Å². The number of hydrogen-bond acceptors (Lipinski definition) is 3. The third kappa shape index (κ3) is 8.94. The zero-order valence-electron chi connectivity index (χ0n) is 27.2. The number of pyridine rings is 1. The second-order valence-electron chi connectivity index (χ2n) is 12.4. The van der Waals surface area contributed by atoms with E-state index in [1.54, 1.807) is 6.07 Å². The molecular weight excluding hydrogens is 730 g/mol. The van der Waals surface area contributed by atoms with Crippen LogP contribution in [0.25, 0.3) is 32.8 Å². The molecule has 0 aliphatic carbocycles. The number of benzene rings is 3. The van der Waals surface area contributed by atoms with E-state index in [1.807, 2.05) is 52.9 Å². The zero-order chi connectivity index (χ0) is 31.2. The van der Waals surface area contributed by atoms with Crippen LogP contribution in [0.15, 0.2) is 60.5 Å². The maximum Gasteiger partial charge on any atom is 0.162 e. The summed E-state index contributed by atoms with van der Waals surface area (Å²) in [7, 11) is -1.73. The molecule has 4 rings (SSSR count). The Morgan fingerprint density at radius 1 is 0.907 bits per heavy atom. The van der Waals surface area contributed by atoms with E-state index in [4.69, 9.17) is 0 Å². The van der Waals surface area contributed by atoms with Crippen molar-refractivity contribution < 1.29 is 34.4 Å². The van der Waals surface area contributed by atoms with Crippen LogP contribution in [0.5, 0.6) is 0 Å². The smallest absolute Gasteiger partial charge is 0.162 e. The Hall–Kier alpha value is -2.66. The van der Waals surface area contributed by atoms with Gasteiger partial charge < -0.3 is 10.1 Å². The molecule has 0 saturated heterocycles. The molecule has 6 heteroatoms. The van der Waals surface area contributed by atoms with Gasteiger partial charge in [0.25, 0.3) is 0 Å². The number of aliphatic hydroxyl groups is 1. The van der Waals surface area contributed by atoms with Gasteiger partial charge in [0, 0.05) is 44.2 Å². The van der Waals surface area contributed by atoms with Crippen molar-refractivity contribution in [3.63, 3.8) is 0 Å². The summed E-state index contributed by atoms with van der Waals surface area (Å²) in [6, 6.07) is 17.6. The topological polar surface area (TPSA) is 50.2 Å². The van der Waals surface area contributed by atoms with E-state index < -0.39 is 8.07 Å². The number of fused-ring (bicyclic) bond motifs is 3. The van der Waals surface area contributed by atoms with Crippen molar-refractivity contribution in [1.29, 1.82) is 0 Å². The zero-order valence-corrected chi connectivity index (χ0v) is 30.6. The van der Waals surface area contributed by atoms with Gasteiger partial charge in [-0.15, -0.1) is 34.9 Å². The number of allylic oxidation sites excluding steroid dienone is 2. The number of carbonyl (C=O) groups excluding carboxylic acids is 1. The number of rotatable bonds is 9. The van der Waals surface area contributed by atoms with Crippen molar-refractivity contribution in [3.05, 3.63) is 83.5 Å². The summed E-state index contributed by atoms with van der Waals surface area (Å²) in [6.45, 7) is 18.7. The molecule has 0 fully saturated rings. The van der Waals surface area contributed by atoms with Gasteiger partial charge in [-0.3, -0.25) is 4.79 Å². The van der Waals surface area contributed by atoms with Crippen LogP contribution in [0.2, 0.25) is 19.6 Å². The third-order valence-corrected chi connectivity index (χ3v) is 10.1. The molecule has 1 radical (unpaired) electrons. The molecule has 233 valence electrons. The molecule has 1 N–H and O–H groups in total. The Balaban J connectivity index is 0.000000348. The minimum Gasteiger partial charge on any atom is -0.512 e. The average Bonchev–Trinajstić information content (AvgIpc) is 2.93. The van der Waals surface area contributed by atoms with E-state index in [0.29, 0.717) is 0 Å². The van der Waals surface area contributed by atoms with Gasteiger partial charge in [-0.05, 0) is 70.2 Å². The van der Waals surface area contributed by atoms with Gasteiger partial charge in [0.15, 0.2) is 5.78 Å². The summed E-state index contributed by atoms with van der Waals surface area (Å²) in [5.41, 5.74) is 4.16. The number of halogens is 1. The van der Waals surface area contributed by atoms with Gasteiger partial charge in [0.05, 0.1) is 13.8 Å². The van der Waals surface area contributed by atoms with E-state index in [0.717, 1.165) is 69.2 Å². The second kappa shape index (κ2) is 15.9. The van der Waals surface area contributed by atoms with Crippen molar-refractivity contribution in [2.24, 2.45) is 11.8 Å². The van der Waals surface area contributed by atoms with E-state index in [1.165, 1.54) is 11.6 Å². The summed E-state index contributed by atoms with van der Waals surface area (Å²) in [6.07, 6.45) is 6.72. The molecule has 4 aromatic rings. The minimum atomic E-state index is -1.73. The van der Waals surface area contributed by atoms with Crippen LogP contribution in [0.1, 0.15) is 64.5 Å². The number of hydrogen-bond donors (Lipinski definition) is 1. The molecule has 3 aromatic carbocycles. The molecule has 0 unspecified atom stereocenters. The number of nitrogens with zero attached hydrogens (tertiary/aromatic N) is 1. The second-order valence-corrected chi connectivity index (χ2v) is 17.4. The number of ketones is 1. The first-order chi connectivity index (χ1) is 19.8. The van der Waals surface area contributed by atoms with Crippen molar-refractivity contribution in [1.82, 2.24) is 4.98 Å². The third-order valence-electron chi connectivity index (χ3n) is 8.14. The van der Waals surface area contributed by atoms with Gasteiger partial charge in [-0.25, -0.2) is 4.39 Å².